The summed E-state index contributed by atoms with van der Waals surface area (Å²) < 4.78 is 6.67. The molecule has 3 heterocycles. The third-order valence-electron chi connectivity index (χ3n) is 10.9. The molecular weight excluding hydrogens is 480 g/mol. The molecule has 2 aromatic carbocycles. The molecule has 7 heteroatoms. The summed E-state index contributed by atoms with van der Waals surface area (Å²) >= 11 is 0. The molecule has 1 amide bonds. The van der Waals surface area contributed by atoms with Gasteiger partial charge in [-0.3, -0.25) is 9.69 Å². The van der Waals surface area contributed by atoms with E-state index in [0.717, 1.165) is 43.0 Å². The van der Waals surface area contributed by atoms with Crippen LogP contribution in [0.15, 0.2) is 42.5 Å². The van der Waals surface area contributed by atoms with Crippen LogP contribution in [0.5, 0.6) is 11.5 Å². The summed E-state index contributed by atoms with van der Waals surface area (Å²) in [6.07, 6.45) is 4.69. The fourth-order valence-electron chi connectivity index (χ4n) is 9.00. The van der Waals surface area contributed by atoms with Crippen molar-refractivity contribution in [2.45, 2.75) is 80.3 Å². The average molecular weight is 517 g/mol. The van der Waals surface area contributed by atoms with E-state index in [2.05, 4.69) is 4.90 Å². The van der Waals surface area contributed by atoms with E-state index in [1.165, 1.54) is 18.4 Å². The normalized spacial score (nSPS) is 38.2. The van der Waals surface area contributed by atoms with E-state index in [1.807, 2.05) is 41.3 Å². The molecule has 2 saturated carbocycles. The van der Waals surface area contributed by atoms with Gasteiger partial charge in [-0.15, -0.1) is 0 Å². The number of carbonyl (C=O) groups is 1. The van der Waals surface area contributed by atoms with E-state index >= 15 is 0 Å². The van der Waals surface area contributed by atoms with Gasteiger partial charge >= 0.3 is 0 Å². The van der Waals surface area contributed by atoms with Crippen molar-refractivity contribution in [3.8, 4) is 11.5 Å². The first-order valence-electron chi connectivity index (χ1n) is 14.4. The van der Waals surface area contributed by atoms with E-state index in [9.17, 15) is 20.1 Å². The van der Waals surface area contributed by atoms with E-state index in [0.29, 0.717) is 31.6 Å². The van der Waals surface area contributed by atoms with Gasteiger partial charge in [0, 0.05) is 24.7 Å². The highest BCUT2D eigenvalue weighted by atomic mass is 16.5. The first-order chi connectivity index (χ1) is 18.4. The predicted octanol–water partition coefficient (Wildman–Crippen LogP) is 2.91. The number of benzene rings is 2. The summed E-state index contributed by atoms with van der Waals surface area (Å²) in [6, 6.07) is 13.0. The third kappa shape index (κ3) is 2.93. The smallest absolute Gasteiger partial charge is 0.229 e. The van der Waals surface area contributed by atoms with E-state index in [-0.39, 0.29) is 23.7 Å². The SMILES string of the molecule is O=C1C(C(O)c2ccccc2)CCN1C1CC[C@@]2(O)[C@H]3Cc4ccc(O)c5c4[C@@]2(CCN3CC2CC2)C1O5. The summed E-state index contributed by atoms with van der Waals surface area (Å²) in [6.45, 7) is 2.51. The maximum absolute atomic E-state index is 13.8. The maximum atomic E-state index is 13.8. The second-order valence-electron chi connectivity index (χ2n) is 12.7. The lowest BCUT2D eigenvalue weighted by Gasteiger charge is -2.64. The van der Waals surface area contributed by atoms with Crippen LogP contribution in [-0.2, 0) is 16.6 Å². The number of rotatable bonds is 5. The Kier molecular flexibility index (Phi) is 4.88. The van der Waals surface area contributed by atoms with Gasteiger partial charge in [0.15, 0.2) is 11.5 Å². The number of phenolic OH excluding ortho intramolecular Hbond substituents is 1. The number of likely N-dealkylation sites (tertiary alicyclic amines) is 2. The third-order valence-corrected chi connectivity index (χ3v) is 10.9. The second kappa shape index (κ2) is 7.96. The molecule has 38 heavy (non-hydrogen) atoms. The molecule has 200 valence electrons. The fraction of sp³-hybridized carbons (Fsp3) is 0.581. The number of aliphatic hydroxyl groups excluding tert-OH is 1. The van der Waals surface area contributed by atoms with Crippen LogP contribution in [-0.4, -0.2) is 74.4 Å². The Morgan fingerprint density at radius 1 is 1.03 bits per heavy atom. The van der Waals surface area contributed by atoms with Crippen molar-refractivity contribution >= 4 is 5.91 Å². The Hall–Kier alpha value is -2.61. The molecule has 7 nitrogen and oxygen atoms in total. The van der Waals surface area contributed by atoms with E-state index < -0.39 is 29.1 Å². The van der Waals surface area contributed by atoms with Crippen molar-refractivity contribution in [2.24, 2.45) is 11.8 Å². The minimum Gasteiger partial charge on any atom is -0.504 e. The van der Waals surface area contributed by atoms with Gasteiger partial charge in [0.1, 0.15) is 6.10 Å². The molecule has 2 saturated heterocycles. The van der Waals surface area contributed by atoms with E-state index in [4.69, 9.17) is 4.74 Å². The van der Waals surface area contributed by atoms with Crippen LogP contribution in [0, 0.1) is 11.8 Å². The van der Waals surface area contributed by atoms with Gasteiger partial charge in [0.25, 0.3) is 0 Å². The van der Waals surface area contributed by atoms with Crippen LogP contribution in [0.2, 0.25) is 0 Å². The minimum atomic E-state index is -0.959. The summed E-state index contributed by atoms with van der Waals surface area (Å²) in [4.78, 5) is 18.3. The number of aromatic hydroxyl groups is 1. The summed E-state index contributed by atoms with van der Waals surface area (Å²) in [5.74, 6) is 0.863. The summed E-state index contributed by atoms with van der Waals surface area (Å²) in [7, 11) is 0. The van der Waals surface area contributed by atoms with Gasteiger partial charge < -0.3 is 25.0 Å². The number of piperidine rings is 1. The molecule has 2 aromatic rings. The first-order valence-corrected chi connectivity index (χ1v) is 14.4. The summed E-state index contributed by atoms with van der Waals surface area (Å²) in [5.41, 5.74) is 1.32. The van der Waals surface area contributed by atoms with Crippen LogP contribution in [0.4, 0.5) is 0 Å². The molecule has 0 radical (unpaired) electrons. The van der Waals surface area contributed by atoms with Crippen molar-refractivity contribution in [1.29, 1.82) is 0 Å². The van der Waals surface area contributed by atoms with Crippen LogP contribution in [0.1, 0.15) is 61.3 Å². The molecule has 4 fully saturated rings. The molecule has 0 aromatic heterocycles. The van der Waals surface area contributed by atoms with Crippen molar-refractivity contribution in [2.75, 3.05) is 19.6 Å². The number of ether oxygens (including phenoxy) is 1. The largest absolute Gasteiger partial charge is 0.504 e. The van der Waals surface area contributed by atoms with Gasteiger partial charge in [-0.1, -0.05) is 36.4 Å². The van der Waals surface area contributed by atoms with Gasteiger partial charge in [0.2, 0.25) is 5.91 Å². The highest BCUT2D eigenvalue weighted by Crippen LogP contribution is 2.66. The zero-order valence-electron chi connectivity index (χ0n) is 21.6. The Morgan fingerprint density at radius 2 is 1.84 bits per heavy atom. The lowest BCUT2D eigenvalue weighted by atomic mass is 9.48. The molecular formula is C31H36N2O5. The molecule has 6 aliphatic rings. The number of aliphatic hydroxyl groups is 2. The van der Waals surface area contributed by atoms with Crippen molar-refractivity contribution < 1.29 is 24.9 Å². The minimum absolute atomic E-state index is 0.0221. The Bertz CT molecular complexity index is 1300. The highest BCUT2D eigenvalue weighted by Gasteiger charge is 2.73. The maximum Gasteiger partial charge on any atom is 0.229 e. The molecule has 1 spiro atoms. The average Bonchev–Trinajstić information content (AvgIpc) is 3.56. The first kappa shape index (κ1) is 23.3. The van der Waals surface area contributed by atoms with Crippen LogP contribution in [0.25, 0.3) is 0 Å². The number of hydrogen-bond acceptors (Lipinski definition) is 6. The van der Waals surface area contributed by atoms with E-state index in [1.54, 1.807) is 6.07 Å². The number of phenols is 1. The van der Waals surface area contributed by atoms with Crippen LogP contribution in [0.3, 0.4) is 0 Å². The molecule has 7 atom stereocenters. The lowest BCUT2D eigenvalue weighted by molar-refractivity contribution is -0.201. The lowest BCUT2D eigenvalue weighted by Crippen LogP contribution is -2.78. The molecule has 4 unspecified atom stereocenters. The molecule has 3 aliphatic carbocycles. The number of amides is 1. The number of nitrogens with zero attached hydrogens (tertiary/aromatic N) is 2. The zero-order valence-corrected chi connectivity index (χ0v) is 21.6. The van der Waals surface area contributed by atoms with Crippen molar-refractivity contribution in [3.05, 3.63) is 59.2 Å². The van der Waals surface area contributed by atoms with Gasteiger partial charge in [-0.25, -0.2) is 0 Å². The molecule has 3 aliphatic heterocycles. The highest BCUT2D eigenvalue weighted by molar-refractivity contribution is 5.82. The van der Waals surface area contributed by atoms with Crippen molar-refractivity contribution in [1.82, 2.24) is 9.80 Å². The zero-order chi connectivity index (χ0) is 25.8. The Morgan fingerprint density at radius 3 is 2.63 bits per heavy atom. The van der Waals surface area contributed by atoms with Crippen LogP contribution >= 0.6 is 0 Å². The molecule has 2 bridgehead atoms. The second-order valence-corrected chi connectivity index (χ2v) is 12.7. The van der Waals surface area contributed by atoms with Gasteiger partial charge in [-0.05, 0) is 74.6 Å². The standard InChI is InChI=1S/C31H36N2O5/c34-23-9-8-20-16-24-31(37)12-10-22(33-14-11-21(29(33)36)26(35)19-4-2-1-3-5-19)28-30(31,25(20)27(23)38-28)13-15-32(24)17-18-6-7-18/h1-5,8-9,18,21-22,24,26,28,34-35,37H,6-7,10-17H2/t21?,22?,24-,26?,28?,30+,31-/m1/s1. The monoisotopic (exact) mass is 516 g/mol. The van der Waals surface area contributed by atoms with Gasteiger partial charge in [0.05, 0.1) is 29.1 Å². The summed E-state index contributed by atoms with van der Waals surface area (Å²) in [5, 5.41) is 34.6. The van der Waals surface area contributed by atoms with Gasteiger partial charge in [-0.2, -0.15) is 0 Å². The predicted molar refractivity (Wildman–Crippen MR) is 140 cm³/mol. The van der Waals surface area contributed by atoms with Crippen molar-refractivity contribution in [3.63, 3.8) is 0 Å². The molecule has 8 rings (SSSR count). The number of carbonyl (C=O) groups excluding carboxylic acids is 1. The van der Waals surface area contributed by atoms with Crippen LogP contribution < -0.4 is 4.74 Å². The topological polar surface area (TPSA) is 93.5 Å². The molecule has 3 N–H and O–H groups in total. The fourth-order valence-corrected chi connectivity index (χ4v) is 9.00. The quantitative estimate of drug-likeness (QED) is 0.566. The Balaban J connectivity index is 1.17. The number of hydrogen-bond donors (Lipinski definition) is 3. The Labute approximate surface area is 223 Å².